The van der Waals surface area contributed by atoms with Gasteiger partial charge in [0.15, 0.2) is 5.76 Å². The maximum Gasteiger partial charge on any atom is 0.287 e. The topological polar surface area (TPSA) is 112 Å². The standard InChI is InChI=1S/C20H21N3O5/c24-14-5-3-12(4-6-14)10-15-20(27)23-8-7-13(11-16(23)18(25)22-15)21-19(26)17-2-1-9-28-17/h1-6,9,13,15-16,24H,7-8,10-11H2,(H,21,26)(H,22,25). The van der Waals surface area contributed by atoms with Gasteiger partial charge in [0.2, 0.25) is 11.8 Å². The van der Waals surface area contributed by atoms with Gasteiger partial charge < -0.3 is 25.1 Å². The predicted molar refractivity (Wildman–Crippen MR) is 98.4 cm³/mol. The van der Waals surface area contributed by atoms with E-state index in [1.165, 1.54) is 6.26 Å². The lowest BCUT2D eigenvalue weighted by Crippen LogP contribution is -2.67. The minimum Gasteiger partial charge on any atom is -0.508 e. The molecule has 2 aliphatic heterocycles. The van der Waals surface area contributed by atoms with Crippen LogP contribution in [0.15, 0.2) is 47.1 Å². The van der Waals surface area contributed by atoms with Crippen molar-refractivity contribution in [2.24, 2.45) is 0 Å². The Morgan fingerprint density at radius 1 is 1.25 bits per heavy atom. The molecule has 3 atom stereocenters. The van der Waals surface area contributed by atoms with E-state index in [1.54, 1.807) is 41.3 Å². The van der Waals surface area contributed by atoms with Gasteiger partial charge >= 0.3 is 0 Å². The lowest BCUT2D eigenvalue weighted by atomic mass is 9.91. The quantitative estimate of drug-likeness (QED) is 0.724. The Bertz CT molecular complexity index is 878. The molecule has 3 N–H and O–H groups in total. The molecule has 2 fully saturated rings. The molecule has 2 aliphatic rings. The fraction of sp³-hybridized carbons (Fsp3) is 0.350. The summed E-state index contributed by atoms with van der Waals surface area (Å²) in [6, 6.07) is 8.39. The lowest BCUT2D eigenvalue weighted by molar-refractivity contribution is -0.151. The Labute approximate surface area is 161 Å². The number of hydrogen-bond acceptors (Lipinski definition) is 5. The molecule has 3 unspecified atom stereocenters. The van der Waals surface area contributed by atoms with E-state index in [0.717, 1.165) is 5.56 Å². The smallest absolute Gasteiger partial charge is 0.287 e. The van der Waals surface area contributed by atoms with Gasteiger partial charge in [-0.3, -0.25) is 14.4 Å². The fourth-order valence-electron chi connectivity index (χ4n) is 3.81. The van der Waals surface area contributed by atoms with Gasteiger partial charge in [0.25, 0.3) is 5.91 Å². The SMILES string of the molecule is O=C(NC1CCN2C(=O)C(Cc3ccc(O)cc3)NC(=O)C2C1)c1ccco1. The fourth-order valence-corrected chi connectivity index (χ4v) is 3.81. The lowest BCUT2D eigenvalue weighted by Gasteiger charge is -2.44. The Hall–Kier alpha value is -3.29. The molecule has 3 amide bonds. The molecule has 8 nitrogen and oxygen atoms in total. The van der Waals surface area contributed by atoms with Crippen LogP contribution >= 0.6 is 0 Å². The molecule has 0 radical (unpaired) electrons. The van der Waals surface area contributed by atoms with Gasteiger partial charge in [-0.05, 0) is 42.7 Å². The highest BCUT2D eigenvalue weighted by molar-refractivity contribution is 5.97. The molecule has 8 heteroatoms. The normalized spacial score (nSPS) is 24.4. The number of piperazine rings is 1. The first-order valence-electron chi connectivity index (χ1n) is 9.24. The van der Waals surface area contributed by atoms with Crippen molar-refractivity contribution in [1.82, 2.24) is 15.5 Å². The van der Waals surface area contributed by atoms with Crippen LogP contribution in [0.5, 0.6) is 5.75 Å². The van der Waals surface area contributed by atoms with Crippen molar-refractivity contribution in [3.8, 4) is 5.75 Å². The molecule has 28 heavy (non-hydrogen) atoms. The largest absolute Gasteiger partial charge is 0.508 e. The molecule has 0 aliphatic carbocycles. The van der Waals surface area contributed by atoms with Crippen molar-refractivity contribution in [2.75, 3.05) is 6.54 Å². The highest BCUT2D eigenvalue weighted by atomic mass is 16.3. The number of nitrogens with one attached hydrogen (secondary N) is 2. The molecular weight excluding hydrogens is 362 g/mol. The van der Waals surface area contributed by atoms with Crippen molar-refractivity contribution >= 4 is 17.7 Å². The first-order chi connectivity index (χ1) is 13.5. The van der Waals surface area contributed by atoms with E-state index in [9.17, 15) is 19.5 Å². The zero-order chi connectivity index (χ0) is 19.7. The minimum atomic E-state index is -0.623. The van der Waals surface area contributed by atoms with Gasteiger partial charge in [0.1, 0.15) is 17.8 Å². The van der Waals surface area contributed by atoms with Crippen LogP contribution in [0.2, 0.25) is 0 Å². The second kappa shape index (κ2) is 7.38. The van der Waals surface area contributed by atoms with Crippen molar-refractivity contribution in [2.45, 2.75) is 37.4 Å². The number of nitrogens with zero attached hydrogens (tertiary/aromatic N) is 1. The van der Waals surface area contributed by atoms with Crippen LogP contribution in [0.1, 0.15) is 29.0 Å². The number of carbonyl (C=O) groups excluding carboxylic acids is 3. The number of carbonyl (C=O) groups is 3. The van der Waals surface area contributed by atoms with Crippen molar-refractivity contribution < 1.29 is 23.9 Å². The van der Waals surface area contributed by atoms with Gasteiger partial charge in [0.05, 0.1) is 6.26 Å². The zero-order valence-electron chi connectivity index (χ0n) is 15.1. The van der Waals surface area contributed by atoms with Crippen molar-refractivity contribution in [3.63, 3.8) is 0 Å². The zero-order valence-corrected chi connectivity index (χ0v) is 15.1. The van der Waals surface area contributed by atoms with E-state index in [-0.39, 0.29) is 35.3 Å². The van der Waals surface area contributed by atoms with Gasteiger partial charge in [-0.1, -0.05) is 12.1 Å². The van der Waals surface area contributed by atoms with Gasteiger partial charge in [-0.25, -0.2) is 0 Å². The number of rotatable bonds is 4. The third-order valence-corrected chi connectivity index (χ3v) is 5.26. The third kappa shape index (κ3) is 3.58. The molecular formula is C20H21N3O5. The molecule has 146 valence electrons. The summed E-state index contributed by atoms with van der Waals surface area (Å²) in [6.45, 7) is 0.409. The van der Waals surface area contributed by atoms with Crippen LogP contribution in [0.3, 0.4) is 0 Å². The summed E-state index contributed by atoms with van der Waals surface area (Å²) in [5.74, 6) is -0.271. The monoisotopic (exact) mass is 383 g/mol. The minimum absolute atomic E-state index is 0.117. The van der Waals surface area contributed by atoms with Crippen LogP contribution in [0, 0.1) is 0 Å². The summed E-state index contributed by atoms with van der Waals surface area (Å²) < 4.78 is 5.09. The Kier molecular flexibility index (Phi) is 4.77. The van der Waals surface area contributed by atoms with Gasteiger partial charge in [-0.2, -0.15) is 0 Å². The maximum atomic E-state index is 12.9. The Balaban J connectivity index is 1.40. The first-order valence-corrected chi connectivity index (χ1v) is 9.24. The van der Waals surface area contributed by atoms with Crippen LogP contribution < -0.4 is 10.6 Å². The number of fused-ring (bicyclic) bond motifs is 1. The molecule has 3 heterocycles. The summed E-state index contributed by atoms with van der Waals surface area (Å²) in [5, 5.41) is 15.1. The highest BCUT2D eigenvalue weighted by Crippen LogP contribution is 2.24. The number of aromatic hydroxyl groups is 1. The summed E-state index contributed by atoms with van der Waals surface area (Å²) >= 11 is 0. The number of phenols is 1. The van der Waals surface area contributed by atoms with Crippen molar-refractivity contribution in [1.29, 1.82) is 0 Å². The molecule has 4 rings (SSSR count). The highest BCUT2D eigenvalue weighted by Gasteiger charge is 2.44. The number of furan rings is 1. The molecule has 2 saturated heterocycles. The summed E-state index contributed by atoms with van der Waals surface area (Å²) in [7, 11) is 0. The third-order valence-electron chi connectivity index (χ3n) is 5.26. The number of hydrogen-bond donors (Lipinski definition) is 3. The average molecular weight is 383 g/mol. The predicted octanol–water partition coefficient (Wildman–Crippen LogP) is 0.816. The van der Waals surface area contributed by atoms with Gasteiger partial charge in [0, 0.05) is 19.0 Å². The number of amides is 3. The van der Waals surface area contributed by atoms with E-state index in [1.807, 2.05) is 0 Å². The van der Waals surface area contributed by atoms with Crippen LogP contribution in [0.25, 0.3) is 0 Å². The molecule has 0 spiro atoms. The second-order valence-electron chi connectivity index (χ2n) is 7.15. The van der Waals surface area contributed by atoms with Crippen molar-refractivity contribution in [3.05, 3.63) is 54.0 Å². The van der Waals surface area contributed by atoms with E-state index < -0.39 is 12.1 Å². The molecule has 1 aromatic heterocycles. The van der Waals surface area contributed by atoms with E-state index in [2.05, 4.69) is 10.6 Å². The van der Waals surface area contributed by atoms with E-state index in [4.69, 9.17) is 4.42 Å². The molecule has 1 aromatic carbocycles. The Morgan fingerprint density at radius 2 is 2.04 bits per heavy atom. The summed E-state index contributed by atoms with van der Waals surface area (Å²) in [6.07, 6.45) is 2.75. The van der Waals surface area contributed by atoms with Crippen LogP contribution in [-0.4, -0.2) is 52.4 Å². The first kappa shape index (κ1) is 18.1. The van der Waals surface area contributed by atoms with Crippen LogP contribution in [0.4, 0.5) is 0 Å². The number of phenolic OH excluding ortho intramolecular Hbond substituents is 1. The number of benzene rings is 1. The summed E-state index contributed by atoms with van der Waals surface area (Å²) in [5.41, 5.74) is 0.857. The molecule has 0 saturated carbocycles. The second-order valence-corrected chi connectivity index (χ2v) is 7.15. The summed E-state index contributed by atoms with van der Waals surface area (Å²) in [4.78, 5) is 39.2. The Morgan fingerprint density at radius 3 is 2.75 bits per heavy atom. The number of piperidine rings is 1. The molecule has 2 aromatic rings. The maximum absolute atomic E-state index is 12.9. The average Bonchev–Trinajstić information content (AvgIpc) is 3.23. The van der Waals surface area contributed by atoms with Gasteiger partial charge in [-0.15, -0.1) is 0 Å². The van der Waals surface area contributed by atoms with E-state index in [0.29, 0.717) is 25.8 Å². The van der Waals surface area contributed by atoms with E-state index >= 15 is 0 Å². The molecule has 0 bridgehead atoms. The van der Waals surface area contributed by atoms with Crippen LogP contribution in [-0.2, 0) is 16.0 Å².